The largest absolute Gasteiger partial charge is 0.497 e. The Morgan fingerprint density at radius 3 is 2.78 bits per heavy atom. The summed E-state index contributed by atoms with van der Waals surface area (Å²) < 4.78 is 5.25. The molecule has 3 rings (SSSR count). The fraction of sp³-hybridized carbons (Fsp3) is 0.389. The van der Waals surface area contributed by atoms with Gasteiger partial charge in [0.2, 0.25) is 0 Å². The molecule has 0 radical (unpaired) electrons. The van der Waals surface area contributed by atoms with Gasteiger partial charge in [-0.2, -0.15) is 0 Å². The Kier molecular flexibility index (Phi) is 4.03. The number of ether oxygens (including phenoxy) is 1. The topological polar surface area (TPSA) is 76.0 Å². The minimum Gasteiger partial charge on any atom is -0.497 e. The molecule has 1 fully saturated rings. The standard InChI is InChI=1S/C18H19NO4/c1-10-15(18(21)22)16(11-5-3-6-12(9-11)23-2)17-13(19-10)7-4-8-14(17)20/h3,5-6,9,16-17H,4,7-8H2,1-2H3,(H,21,22). The molecule has 1 saturated carbocycles. The fourth-order valence-electron chi connectivity index (χ4n) is 3.59. The number of Topliss-reactive ketones (excluding diaryl/α,β-unsaturated/α-hetero) is 1. The van der Waals surface area contributed by atoms with E-state index in [4.69, 9.17) is 4.74 Å². The highest BCUT2D eigenvalue weighted by atomic mass is 16.5. The molecule has 1 aromatic rings. The number of aliphatic carboxylic acids is 1. The summed E-state index contributed by atoms with van der Waals surface area (Å²) in [5, 5.41) is 9.67. The Balaban J connectivity index is 2.17. The number of carboxylic acids is 1. The van der Waals surface area contributed by atoms with Crippen LogP contribution in [0.5, 0.6) is 5.75 Å². The zero-order valence-electron chi connectivity index (χ0n) is 13.2. The number of aliphatic imine (C=N–C) groups is 1. The van der Waals surface area contributed by atoms with Crippen molar-refractivity contribution in [3.8, 4) is 5.75 Å². The highest BCUT2D eigenvalue weighted by Crippen LogP contribution is 2.43. The molecular weight excluding hydrogens is 294 g/mol. The average Bonchev–Trinajstić information content (AvgIpc) is 2.53. The normalized spacial score (nSPS) is 24.1. The summed E-state index contributed by atoms with van der Waals surface area (Å²) in [5.74, 6) is -1.25. The van der Waals surface area contributed by atoms with Crippen molar-refractivity contribution in [1.29, 1.82) is 0 Å². The Morgan fingerprint density at radius 2 is 2.09 bits per heavy atom. The van der Waals surface area contributed by atoms with E-state index in [0.717, 1.165) is 24.1 Å². The zero-order valence-corrected chi connectivity index (χ0v) is 13.2. The second-order valence-electron chi connectivity index (χ2n) is 5.96. The van der Waals surface area contributed by atoms with Crippen molar-refractivity contribution in [3.05, 3.63) is 41.1 Å². The first-order chi connectivity index (χ1) is 11.0. The van der Waals surface area contributed by atoms with Crippen LogP contribution in [0.1, 0.15) is 37.7 Å². The molecule has 120 valence electrons. The second kappa shape index (κ2) is 5.99. The lowest BCUT2D eigenvalue weighted by Crippen LogP contribution is -2.38. The number of benzene rings is 1. The van der Waals surface area contributed by atoms with Gasteiger partial charge in [-0.15, -0.1) is 0 Å². The van der Waals surface area contributed by atoms with Gasteiger partial charge < -0.3 is 9.84 Å². The van der Waals surface area contributed by atoms with Gasteiger partial charge in [-0.25, -0.2) is 4.79 Å². The van der Waals surface area contributed by atoms with Crippen LogP contribution in [0.4, 0.5) is 0 Å². The number of hydrogen-bond donors (Lipinski definition) is 1. The lowest BCUT2D eigenvalue weighted by Gasteiger charge is -2.35. The monoisotopic (exact) mass is 313 g/mol. The molecule has 0 spiro atoms. The van der Waals surface area contributed by atoms with Crippen LogP contribution in [-0.2, 0) is 9.59 Å². The summed E-state index contributed by atoms with van der Waals surface area (Å²) in [6, 6.07) is 7.29. The minimum absolute atomic E-state index is 0.0778. The highest BCUT2D eigenvalue weighted by Gasteiger charge is 2.43. The highest BCUT2D eigenvalue weighted by molar-refractivity contribution is 6.11. The maximum Gasteiger partial charge on any atom is 0.334 e. The summed E-state index contributed by atoms with van der Waals surface area (Å²) in [6.07, 6.45) is 2.02. The Bertz CT molecular complexity index is 732. The molecule has 0 bridgehead atoms. The molecule has 1 aliphatic heterocycles. The number of hydrogen-bond acceptors (Lipinski definition) is 4. The molecule has 1 N–H and O–H groups in total. The van der Waals surface area contributed by atoms with Gasteiger partial charge in [0.25, 0.3) is 0 Å². The number of carbonyl (C=O) groups is 2. The van der Waals surface area contributed by atoms with Gasteiger partial charge in [-0.1, -0.05) is 12.1 Å². The van der Waals surface area contributed by atoms with E-state index < -0.39 is 17.8 Å². The van der Waals surface area contributed by atoms with E-state index in [1.807, 2.05) is 18.2 Å². The van der Waals surface area contributed by atoms with E-state index in [-0.39, 0.29) is 11.4 Å². The van der Waals surface area contributed by atoms with E-state index in [1.165, 1.54) is 0 Å². The van der Waals surface area contributed by atoms with Crippen molar-refractivity contribution < 1.29 is 19.4 Å². The van der Waals surface area contributed by atoms with Crippen LogP contribution in [-0.4, -0.2) is 29.7 Å². The minimum atomic E-state index is -1.02. The number of rotatable bonds is 3. The predicted molar refractivity (Wildman–Crippen MR) is 85.9 cm³/mol. The third kappa shape index (κ3) is 2.67. The van der Waals surface area contributed by atoms with E-state index in [9.17, 15) is 14.7 Å². The van der Waals surface area contributed by atoms with Crippen LogP contribution in [0.3, 0.4) is 0 Å². The van der Waals surface area contributed by atoms with Gasteiger partial charge in [-0.05, 0) is 37.5 Å². The SMILES string of the molecule is COc1cccc(C2C(C(=O)O)=C(C)N=C3CCCC(=O)C32)c1. The summed E-state index contributed by atoms with van der Waals surface area (Å²) in [6.45, 7) is 1.71. The van der Waals surface area contributed by atoms with Gasteiger partial charge in [0, 0.05) is 23.7 Å². The quantitative estimate of drug-likeness (QED) is 0.931. The molecule has 1 aromatic carbocycles. The van der Waals surface area contributed by atoms with Crippen LogP contribution in [0.25, 0.3) is 0 Å². The van der Waals surface area contributed by atoms with E-state index in [1.54, 1.807) is 20.1 Å². The van der Waals surface area contributed by atoms with Crippen LogP contribution in [0, 0.1) is 5.92 Å². The summed E-state index contributed by atoms with van der Waals surface area (Å²) in [4.78, 5) is 28.8. The lowest BCUT2D eigenvalue weighted by atomic mass is 9.69. The molecule has 0 saturated heterocycles. The fourth-order valence-corrected chi connectivity index (χ4v) is 3.59. The number of nitrogens with zero attached hydrogens (tertiary/aromatic N) is 1. The molecular formula is C18H19NO4. The van der Waals surface area contributed by atoms with Gasteiger partial charge in [0.05, 0.1) is 18.6 Å². The van der Waals surface area contributed by atoms with E-state index >= 15 is 0 Å². The predicted octanol–water partition coefficient (Wildman–Crippen LogP) is 2.96. The maximum atomic E-state index is 12.5. The molecule has 5 heteroatoms. The molecule has 2 atom stereocenters. The molecule has 0 aromatic heterocycles. The van der Waals surface area contributed by atoms with E-state index in [0.29, 0.717) is 17.9 Å². The van der Waals surface area contributed by atoms with Crippen LogP contribution >= 0.6 is 0 Å². The molecule has 5 nitrogen and oxygen atoms in total. The molecule has 2 unspecified atom stereocenters. The van der Waals surface area contributed by atoms with Crippen molar-refractivity contribution in [1.82, 2.24) is 0 Å². The number of allylic oxidation sites excluding steroid dienone is 1. The van der Waals surface area contributed by atoms with Crippen molar-refractivity contribution in [2.45, 2.75) is 32.1 Å². The molecule has 1 aliphatic carbocycles. The molecule has 2 aliphatic rings. The lowest BCUT2D eigenvalue weighted by molar-refractivity contribution is -0.133. The first-order valence-corrected chi connectivity index (χ1v) is 7.71. The van der Waals surface area contributed by atoms with Crippen molar-refractivity contribution in [3.63, 3.8) is 0 Å². The summed E-state index contributed by atoms with van der Waals surface area (Å²) in [7, 11) is 1.57. The summed E-state index contributed by atoms with van der Waals surface area (Å²) in [5.41, 5.74) is 2.30. The third-order valence-corrected chi connectivity index (χ3v) is 4.59. The Hall–Kier alpha value is -2.43. The number of carboxylic acid groups (broad SMARTS) is 1. The zero-order chi connectivity index (χ0) is 16.6. The third-order valence-electron chi connectivity index (χ3n) is 4.59. The maximum absolute atomic E-state index is 12.5. The van der Waals surface area contributed by atoms with Gasteiger partial charge in [0.15, 0.2) is 0 Å². The van der Waals surface area contributed by atoms with Crippen molar-refractivity contribution >= 4 is 17.5 Å². The first-order valence-electron chi connectivity index (χ1n) is 7.71. The molecule has 1 heterocycles. The number of fused-ring (bicyclic) bond motifs is 1. The van der Waals surface area contributed by atoms with Crippen molar-refractivity contribution in [2.24, 2.45) is 10.9 Å². The van der Waals surface area contributed by atoms with E-state index in [2.05, 4.69) is 4.99 Å². The number of carbonyl (C=O) groups excluding carboxylic acids is 1. The Morgan fingerprint density at radius 1 is 1.30 bits per heavy atom. The molecule has 0 amide bonds. The number of ketones is 1. The first kappa shape index (κ1) is 15.5. The number of methoxy groups -OCH3 is 1. The van der Waals surface area contributed by atoms with Gasteiger partial charge in [0.1, 0.15) is 11.5 Å². The van der Waals surface area contributed by atoms with Gasteiger partial charge in [-0.3, -0.25) is 9.79 Å². The summed E-state index contributed by atoms with van der Waals surface area (Å²) >= 11 is 0. The average molecular weight is 313 g/mol. The second-order valence-corrected chi connectivity index (χ2v) is 5.96. The van der Waals surface area contributed by atoms with Gasteiger partial charge >= 0.3 is 5.97 Å². The molecule has 23 heavy (non-hydrogen) atoms. The van der Waals surface area contributed by atoms with Crippen LogP contribution < -0.4 is 4.74 Å². The smallest absolute Gasteiger partial charge is 0.334 e. The Labute approximate surface area is 134 Å². The van der Waals surface area contributed by atoms with Crippen LogP contribution in [0.15, 0.2) is 40.5 Å². The van der Waals surface area contributed by atoms with Crippen molar-refractivity contribution in [2.75, 3.05) is 7.11 Å². The van der Waals surface area contributed by atoms with Crippen LogP contribution in [0.2, 0.25) is 0 Å².